The molecule has 0 saturated heterocycles. The van der Waals surface area contributed by atoms with Gasteiger partial charge in [-0.1, -0.05) is 51.8 Å². The minimum atomic E-state index is -0.167. The van der Waals surface area contributed by atoms with E-state index in [1.165, 1.54) is 0 Å². The lowest BCUT2D eigenvalue weighted by atomic mass is 10.1. The van der Waals surface area contributed by atoms with Crippen LogP contribution in [-0.4, -0.2) is 12.6 Å². The van der Waals surface area contributed by atoms with Gasteiger partial charge < -0.3 is 10.6 Å². The summed E-state index contributed by atoms with van der Waals surface area (Å²) < 4.78 is 1.03. The zero-order valence-electron chi connectivity index (χ0n) is 11.4. The first-order valence-electron chi connectivity index (χ1n) is 6.64. The van der Waals surface area contributed by atoms with E-state index >= 15 is 0 Å². The number of nitrogens with one attached hydrogen (secondary N) is 2. The molecule has 2 N–H and O–H groups in total. The number of halogens is 2. The number of hydrogen-bond acceptors (Lipinski definition) is 1. The predicted molar refractivity (Wildman–Crippen MR) is 89.5 cm³/mol. The van der Waals surface area contributed by atoms with E-state index in [0.29, 0.717) is 18.1 Å². The van der Waals surface area contributed by atoms with Crippen LogP contribution < -0.4 is 10.6 Å². The molecule has 2 aromatic carbocycles. The van der Waals surface area contributed by atoms with Gasteiger partial charge in [-0.05, 0) is 41.8 Å². The SMILES string of the molecule is O=C(NCCc1cccc(Cl)c1)NCc1ccc(Br)cc1. The van der Waals surface area contributed by atoms with Gasteiger partial charge >= 0.3 is 6.03 Å². The van der Waals surface area contributed by atoms with Gasteiger partial charge in [0.2, 0.25) is 0 Å². The molecular weight excluding hydrogens is 352 g/mol. The molecular formula is C16H16BrClN2O. The van der Waals surface area contributed by atoms with Gasteiger partial charge in [-0.25, -0.2) is 4.79 Å². The number of rotatable bonds is 5. The van der Waals surface area contributed by atoms with Crippen LogP contribution in [0.3, 0.4) is 0 Å². The van der Waals surface area contributed by atoms with Crippen LogP contribution in [0.15, 0.2) is 53.0 Å². The lowest BCUT2D eigenvalue weighted by Crippen LogP contribution is -2.36. The van der Waals surface area contributed by atoms with Crippen molar-refractivity contribution in [3.8, 4) is 0 Å². The summed E-state index contributed by atoms with van der Waals surface area (Å²) in [7, 11) is 0. The van der Waals surface area contributed by atoms with Gasteiger partial charge in [-0.15, -0.1) is 0 Å². The van der Waals surface area contributed by atoms with Crippen LogP contribution >= 0.6 is 27.5 Å². The molecule has 2 rings (SSSR count). The summed E-state index contributed by atoms with van der Waals surface area (Å²) in [6.45, 7) is 1.09. The van der Waals surface area contributed by atoms with Crippen LogP contribution in [0.1, 0.15) is 11.1 Å². The first-order chi connectivity index (χ1) is 10.1. The molecule has 0 radical (unpaired) electrons. The Hall–Kier alpha value is -1.52. The average Bonchev–Trinajstić information content (AvgIpc) is 2.47. The number of benzene rings is 2. The third kappa shape index (κ3) is 5.78. The Labute approximate surface area is 137 Å². The third-order valence-electron chi connectivity index (χ3n) is 2.95. The summed E-state index contributed by atoms with van der Waals surface area (Å²) in [4.78, 5) is 11.7. The van der Waals surface area contributed by atoms with Crippen molar-refractivity contribution < 1.29 is 4.79 Å². The van der Waals surface area contributed by atoms with Crippen molar-refractivity contribution in [3.05, 3.63) is 69.2 Å². The lowest BCUT2D eigenvalue weighted by Gasteiger charge is -2.08. The normalized spacial score (nSPS) is 10.2. The minimum absolute atomic E-state index is 0.167. The van der Waals surface area contributed by atoms with E-state index in [1.54, 1.807) is 0 Å². The zero-order chi connectivity index (χ0) is 15.1. The smallest absolute Gasteiger partial charge is 0.315 e. The summed E-state index contributed by atoms with van der Waals surface area (Å²) >= 11 is 9.29. The van der Waals surface area contributed by atoms with Crippen LogP contribution in [-0.2, 0) is 13.0 Å². The maximum Gasteiger partial charge on any atom is 0.315 e. The van der Waals surface area contributed by atoms with Gasteiger partial charge in [0.15, 0.2) is 0 Å². The number of hydrogen-bond donors (Lipinski definition) is 2. The molecule has 2 amide bonds. The summed E-state index contributed by atoms with van der Waals surface area (Å²) in [6.07, 6.45) is 0.756. The Morgan fingerprint density at radius 1 is 1.05 bits per heavy atom. The Kier molecular flexibility index (Phi) is 6.08. The minimum Gasteiger partial charge on any atom is -0.338 e. The van der Waals surface area contributed by atoms with Crippen LogP contribution in [0.5, 0.6) is 0 Å². The summed E-state index contributed by atoms with van der Waals surface area (Å²) in [5.41, 5.74) is 2.17. The van der Waals surface area contributed by atoms with Crippen molar-refractivity contribution in [3.63, 3.8) is 0 Å². The second kappa shape index (κ2) is 8.05. The first kappa shape index (κ1) is 15.9. The standard InChI is InChI=1S/C16H16BrClN2O/c17-14-6-4-13(5-7-14)11-20-16(21)19-9-8-12-2-1-3-15(18)10-12/h1-7,10H,8-9,11H2,(H2,19,20,21). The molecule has 0 bridgehead atoms. The fourth-order valence-corrected chi connectivity index (χ4v) is 2.34. The van der Waals surface area contributed by atoms with Crippen LogP contribution in [0.4, 0.5) is 4.79 Å². The highest BCUT2D eigenvalue weighted by Gasteiger charge is 2.01. The molecule has 3 nitrogen and oxygen atoms in total. The highest BCUT2D eigenvalue weighted by atomic mass is 79.9. The Balaban J connectivity index is 1.69. The summed E-state index contributed by atoms with van der Waals surface area (Å²) in [6, 6.07) is 15.3. The molecule has 21 heavy (non-hydrogen) atoms. The van der Waals surface area contributed by atoms with E-state index in [4.69, 9.17) is 11.6 Å². The van der Waals surface area contributed by atoms with Crippen LogP contribution in [0.2, 0.25) is 5.02 Å². The number of urea groups is 1. The molecule has 0 saturated carbocycles. The van der Waals surface area contributed by atoms with Crippen molar-refractivity contribution in [2.45, 2.75) is 13.0 Å². The second-order valence-corrected chi connectivity index (χ2v) is 5.97. The maximum absolute atomic E-state index is 11.7. The van der Waals surface area contributed by atoms with E-state index < -0.39 is 0 Å². The topological polar surface area (TPSA) is 41.1 Å². The average molecular weight is 368 g/mol. The molecule has 0 fully saturated rings. The first-order valence-corrected chi connectivity index (χ1v) is 7.81. The predicted octanol–water partition coefficient (Wildman–Crippen LogP) is 4.14. The molecule has 5 heteroatoms. The molecule has 0 unspecified atom stereocenters. The zero-order valence-corrected chi connectivity index (χ0v) is 13.7. The lowest BCUT2D eigenvalue weighted by molar-refractivity contribution is 0.240. The molecule has 0 spiro atoms. The summed E-state index contributed by atoms with van der Waals surface area (Å²) in [5.74, 6) is 0. The van der Waals surface area contributed by atoms with Crippen molar-refractivity contribution in [2.24, 2.45) is 0 Å². The van der Waals surface area contributed by atoms with E-state index in [1.807, 2.05) is 48.5 Å². The highest BCUT2D eigenvalue weighted by molar-refractivity contribution is 9.10. The molecule has 0 aromatic heterocycles. The van der Waals surface area contributed by atoms with Crippen LogP contribution in [0.25, 0.3) is 0 Å². The third-order valence-corrected chi connectivity index (χ3v) is 3.72. The Bertz CT molecular complexity index is 601. The quantitative estimate of drug-likeness (QED) is 0.819. The van der Waals surface area contributed by atoms with Gasteiger partial charge in [0.1, 0.15) is 0 Å². The Morgan fingerprint density at radius 2 is 1.81 bits per heavy atom. The van der Waals surface area contributed by atoms with E-state index in [2.05, 4.69) is 26.6 Å². The fourth-order valence-electron chi connectivity index (χ4n) is 1.86. The molecule has 110 valence electrons. The monoisotopic (exact) mass is 366 g/mol. The largest absolute Gasteiger partial charge is 0.338 e. The molecule has 0 aliphatic heterocycles. The van der Waals surface area contributed by atoms with Gasteiger partial charge in [0.25, 0.3) is 0 Å². The van der Waals surface area contributed by atoms with E-state index in [9.17, 15) is 4.79 Å². The van der Waals surface area contributed by atoms with E-state index in [0.717, 1.165) is 22.0 Å². The number of carbonyl (C=O) groups is 1. The van der Waals surface area contributed by atoms with Gasteiger partial charge in [-0.2, -0.15) is 0 Å². The van der Waals surface area contributed by atoms with Crippen molar-refractivity contribution in [2.75, 3.05) is 6.54 Å². The molecule has 0 aliphatic rings. The molecule has 0 atom stereocenters. The second-order valence-electron chi connectivity index (χ2n) is 4.62. The van der Waals surface area contributed by atoms with Crippen molar-refractivity contribution in [1.82, 2.24) is 10.6 Å². The number of carbonyl (C=O) groups excluding carboxylic acids is 1. The van der Waals surface area contributed by atoms with Gasteiger partial charge in [0.05, 0.1) is 0 Å². The van der Waals surface area contributed by atoms with Crippen LogP contribution in [0, 0.1) is 0 Å². The van der Waals surface area contributed by atoms with Crippen molar-refractivity contribution in [1.29, 1.82) is 0 Å². The summed E-state index contributed by atoms with van der Waals surface area (Å²) in [5, 5.41) is 6.37. The number of amides is 2. The van der Waals surface area contributed by atoms with Gasteiger partial charge in [0, 0.05) is 22.6 Å². The molecule has 2 aromatic rings. The van der Waals surface area contributed by atoms with Crippen molar-refractivity contribution >= 4 is 33.6 Å². The van der Waals surface area contributed by atoms with Gasteiger partial charge in [-0.3, -0.25) is 0 Å². The Morgan fingerprint density at radius 3 is 2.52 bits per heavy atom. The molecule has 0 aliphatic carbocycles. The molecule has 0 heterocycles. The highest BCUT2D eigenvalue weighted by Crippen LogP contribution is 2.11. The van der Waals surface area contributed by atoms with E-state index in [-0.39, 0.29) is 6.03 Å². The fraction of sp³-hybridized carbons (Fsp3) is 0.188. The maximum atomic E-state index is 11.7.